The third-order valence-electron chi connectivity index (χ3n) is 2.95. The summed E-state index contributed by atoms with van der Waals surface area (Å²) in [5.41, 5.74) is 0. The van der Waals surface area contributed by atoms with E-state index >= 15 is 0 Å². The van der Waals surface area contributed by atoms with Gasteiger partial charge in [-0.15, -0.1) is 0 Å². The quantitative estimate of drug-likeness (QED) is 0.598. The Kier molecular flexibility index (Phi) is 2.14. The number of likely N-dealkylation sites (N-methyl/N-ethyl adjacent to an activating group) is 1. The van der Waals surface area contributed by atoms with E-state index in [0.29, 0.717) is 0 Å². The molecule has 0 aromatic carbocycles. The predicted molar refractivity (Wildman–Crippen MR) is 46.6 cm³/mol. The van der Waals surface area contributed by atoms with Crippen molar-refractivity contribution in [3.63, 3.8) is 0 Å². The van der Waals surface area contributed by atoms with Gasteiger partial charge in [0.1, 0.15) is 0 Å². The Balaban J connectivity index is 1.91. The van der Waals surface area contributed by atoms with Crippen LogP contribution in [-0.4, -0.2) is 37.6 Å². The summed E-state index contributed by atoms with van der Waals surface area (Å²) in [7, 11) is 2.27. The molecule has 1 N–H and O–H groups in total. The molecule has 0 amide bonds. The molecule has 1 aliphatic heterocycles. The molecule has 64 valence electrons. The molecule has 1 heterocycles. The van der Waals surface area contributed by atoms with Gasteiger partial charge in [0.05, 0.1) is 0 Å². The van der Waals surface area contributed by atoms with Crippen molar-refractivity contribution in [1.82, 2.24) is 10.2 Å². The molecule has 0 spiro atoms. The van der Waals surface area contributed by atoms with Crippen LogP contribution in [0.25, 0.3) is 0 Å². The largest absolute Gasteiger partial charge is 0.315 e. The van der Waals surface area contributed by atoms with E-state index in [1.54, 1.807) is 0 Å². The van der Waals surface area contributed by atoms with E-state index in [2.05, 4.69) is 17.3 Å². The average molecular weight is 154 g/mol. The highest BCUT2D eigenvalue weighted by molar-refractivity contribution is 4.89. The molecule has 0 radical (unpaired) electrons. The zero-order valence-electron chi connectivity index (χ0n) is 7.34. The van der Waals surface area contributed by atoms with E-state index in [9.17, 15) is 0 Å². The van der Waals surface area contributed by atoms with Gasteiger partial charge in [0.2, 0.25) is 0 Å². The molecule has 11 heavy (non-hydrogen) atoms. The van der Waals surface area contributed by atoms with Crippen LogP contribution >= 0.6 is 0 Å². The van der Waals surface area contributed by atoms with Crippen molar-refractivity contribution >= 4 is 0 Å². The Morgan fingerprint density at radius 2 is 2.18 bits per heavy atom. The first-order valence-corrected chi connectivity index (χ1v) is 4.79. The zero-order valence-corrected chi connectivity index (χ0v) is 7.34. The normalized spacial score (nSPS) is 35.2. The summed E-state index contributed by atoms with van der Waals surface area (Å²) in [5.74, 6) is 1.02. The molecule has 2 fully saturated rings. The van der Waals surface area contributed by atoms with Crippen LogP contribution in [0, 0.1) is 5.92 Å². The van der Waals surface area contributed by atoms with E-state index in [0.717, 1.165) is 12.0 Å². The third-order valence-corrected chi connectivity index (χ3v) is 2.95. The summed E-state index contributed by atoms with van der Waals surface area (Å²) in [6, 6.07) is 0.845. The predicted octanol–water partition coefficient (Wildman–Crippen LogP) is 0.690. The van der Waals surface area contributed by atoms with E-state index in [4.69, 9.17) is 0 Å². The fourth-order valence-corrected chi connectivity index (χ4v) is 2.03. The maximum Gasteiger partial charge on any atom is 0.0245 e. The van der Waals surface area contributed by atoms with Crippen molar-refractivity contribution < 1.29 is 0 Å². The molecular weight excluding hydrogens is 136 g/mol. The van der Waals surface area contributed by atoms with Crippen LogP contribution in [0.2, 0.25) is 0 Å². The van der Waals surface area contributed by atoms with Gasteiger partial charge in [-0.05, 0) is 45.3 Å². The molecule has 2 aliphatic rings. The van der Waals surface area contributed by atoms with Crippen molar-refractivity contribution in [1.29, 1.82) is 0 Å². The molecule has 0 aromatic heterocycles. The van der Waals surface area contributed by atoms with Crippen LogP contribution in [0.3, 0.4) is 0 Å². The Hall–Kier alpha value is -0.0800. The Morgan fingerprint density at radius 3 is 2.91 bits per heavy atom. The van der Waals surface area contributed by atoms with Gasteiger partial charge >= 0.3 is 0 Å². The van der Waals surface area contributed by atoms with Crippen molar-refractivity contribution in [3.05, 3.63) is 0 Å². The summed E-state index contributed by atoms with van der Waals surface area (Å²) in [5, 5.41) is 3.51. The van der Waals surface area contributed by atoms with Crippen molar-refractivity contribution in [2.75, 3.05) is 26.7 Å². The molecule has 2 heteroatoms. The van der Waals surface area contributed by atoms with E-state index in [1.807, 2.05) is 0 Å². The minimum Gasteiger partial charge on any atom is -0.315 e. The third kappa shape index (κ3) is 1.74. The van der Waals surface area contributed by atoms with Gasteiger partial charge in [0, 0.05) is 12.6 Å². The molecule has 2 rings (SSSR count). The molecule has 1 saturated heterocycles. The van der Waals surface area contributed by atoms with Crippen molar-refractivity contribution in [3.8, 4) is 0 Å². The smallest absolute Gasteiger partial charge is 0.0245 e. The number of nitrogens with zero attached hydrogens (tertiary/aromatic N) is 1. The fourth-order valence-electron chi connectivity index (χ4n) is 2.03. The Morgan fingerprint density at radius 1 is 1.36 bits per heavy atom. The highest BCUT2D eigenvalue weighted by atomic mass is 15.2. The lowest BCUT2D eigenvalue weighted by Crippen LogP contribution is -2.38. The lowest BCUT2D eigenvalue weighted by atomic mass is 10.1. The molecule has 2 nitrogen and oxygen atoms in total. The second-order valence-electron chi connectivity index (χ2n) is 3.94. The maximum absolute atomic E-state index is 3.51. The molecular formula is C9H18N2. The first kappa shape index (κ1) is 7.56. The summed E-state index contributed by atoms with van der Waals surface area (Å²) in [6.07, 6.45) is 4.26. The molecule has 1 aliphatic carbocycles. The Labute approximate surface area is 69.0 Å². The minimum absolute atomic E-state index is 0.845. The van der Waals surface area contributed by atoms with Gasteiger partial charge in [-0.3, -0.25) is 0 Å². The monoisotopic (exact) mass is 154 g/mol. The van der Waals surface area contributed by atoms with Crippen LogP contribution in [0.15, 0.2) is 0 Å². The SMILES string of the molecule is CN1CCCNCC1C1CC1. The van der Waals surface area contributed by atoms with Crippen LogP contribution < -0.4 is 5.32 Å². The number of nitrogens with one attached hydrogen (secondary N) is 1. The van der Waals surface area contributed by atoms with Crippen LogP contribution in [0.5, 0.6) is 0 Å². The van der Waals surface area contributed by atoms with Crippen LogP contribution in [0.4, 0.5) is 0 Å². The Bertz CT molecular complexity index is 132. The summed E-state index contributed by atoms with van der Waals surface area (Å²) < 4.78 is 0. The van der Waals surface area contributed by atoms with Crippen LogP contribution in [-0.2, 0) is 0 Å². The maximum atomic E-state index is 3.51. The second kappa shape index (κ2) is 3.11. The van der Waals surface area contributed by atoms with Crippen molar-refractivity contribution in [2.24, 2.45) is 5.92 Å². The van der Waals surface area contributed by atoms with Gasteiger partial charge in [0.25, 0.3) is 0 Å². The summed E-state index contributed by atoms with van der Waals surface area (Å²) >= 11 is 0. The van der Waals surface area contributed by atoms with Gasteiger partial charge in [-0.25, -0.2) is 0 Å². The summed E-state index contributed by atoms with van der Waals surface area (Å²) in [4.78, 5) is 2.54. The van der Waals surface area contributed by atoms with Gasteiger partial charge < -0.3 is 10.2 Å². The van der Waals surface area contributed by atoms with Crippen LogP contribution in [0.1, 0.15) is 19.3 Å². The first-order chi connectivity index (χ1) is 5.38. The van der Waals surface area contributed by atoms with E-state index in [-0.39, 0.29) is 0 Å². The standard InChI is InChI=1S/C9H18N2/c1-11-6-2-5-10-7-9(11)8-3-4-8/h8-10H,2-7H2,1H3. The molecule has 1 unspecified atom stereocenters. The first-order valence-electron chi connectivity index (χ1n) is 4.79. The van der Waals surface area contributed by atoms with E-state index in [1.165, 1.54) is 38.9 Å². The van der Waals surface area contributed by atoms with Crippen molar-refractivity contribution in [2.45, 2.75) is 25.3 Å². The number of rotatable bonds is 1. The topological polar surface area (TPSA) is 15.3 Å². The molecule has 0 aromatic rings. The lowest BCUT2D eigenvalue weighted by Gasteiger charge is -2.24. The van der Waals surface area contributed by atoms with E-state index < -0.39 is 0 Å². The molecule has 0 bridgehead atoms. The molecule has 1 atom stereocenters. The number of hydrogen-bond donors (Lipinski definition) is 1. The average Bonchev–Trinajstić information content (AvgIpc) is 2.74. The lowest BCUT2D eigenvalue weighted by molar-refractivity contribution is 0.233. The summed E-state index contributed by atoms with van der Waals surface area (Å²) in [6.45, 7) is 3.73. The highest BCUT2D eigenvalue weighted by Crippen LogP contribution is 2.35. The number of hydrogen-bond acceptors (Lipinski definition) is 2. The van der Waals surface area contributed by atoms with Gasteiger partial charge in [-0.2, -0.15) is 0 Å². The second-order valence-corrected chi connectivity index (χ2v) is 3.94. The molecule has 1 saturated carbocycles. The zero-order chi connectivity index (χ0) is 7.68. The highest BCUT2D eigenvalue weighted by Gasteiger charge is 2.33. The van der Waals surface area contributed by atoms with Gasteiger partial charge in [0.15, 0.2) is 0 Å². The fraction of sp³-hybridized carbons (Fsp3) is 1.00. The van der Waals surface area contributed by atoms with Gasteiger partial charge in [-0.1, -0.05) is 0 Å². The minimum atomic E-state index is 0.845.